The molecule has 5 N–H and O–H groups in total. The van der Waals surface area contributed by atoms with Crippen LogP contribution >= 0.6 is 0 Å². The van der Waals surface area contributed by atoms with Gasteiger partial charge in [0.25, 0.3) is 0 Å². The number of nitrogens with two attached hydrogens (primary N) is 1. The van der Waals surface area contributed by atoms with E-state index in [0.29, 0.717) is 24.3 Å². The fourth-order valence-electron chi connectivity index (χ4n) is 6.03. The number of hydrogen-bond donors (Lipinski definition) is 4. The highest BCUT2D eigenvalue weighted by Crippen LogP contribution is 2.38. The van der Waals surface area contributed by atoms with E-state index in [1.54, 1.807) is 0 Å². The quantitative estimate of drug-likeness (QED) is 0.510. The van der Waals surface area contributed by atoms with Crippen LogP contribution in [0.3, 0.4) is 0 Å². The van der Waals surface area contributed by atoms with E-state index in [9.17, 15) is 13.2 Å². The molecule has 8 atom stereocenters. The van der Waals surface area contributed by atoms with Crippen LogP contribution < -0.4 is 21.9 Å². The average Bonchev–Trinajstić information content (AvgIpc) is 3.32. The summed E-state index contributed by atoms with van der Waals surface area (Å²) in [7, 11) is 0. The van der Waals surface area contributed by atoms with Crippen molar-refractivity contribution in [2.24, 2.45) is 23.5 Å². The zero-order valence-electron chi connectivity index (χ0n) is 18.1. The minimum Gasteiger partial charge on any atom is -0.340 e. The first-order chi connectivity index (χ1) is 14.3. The molecule has 6 nitrogen and oxygen atoms in total. The maximum absolute atomic E-state index is 13.7. The Morgan fingerprint density at radius 1 is 1.00 bits per heavy atom. The number of ether oxygens (including phenoxy) is 1. The number of rotatable bonds is 1. The Bertz CT molecular complexity index is 577. The average molecular weight is 434 g/mol. The zero-order valence-corrected chi connectivity index (χ0v) is 18.1. The second kappa shape index (κ2) is 9.19. The first kappa shape index (κ1) is 22.7. The molecule has 0 aromatic rings. The van der Waals surface area contributed by atoms with Crippen molar-refractivity contribution < 1.29 is 17.9 Å². The van der Waals surface area contributed by atoms with E-state index >= 15 is 0 Å². The summed E-state index contributed by atoms with van der Waals surface area (Å²) in [4.78, 5) is 2.62. The summed E-state index contributed by atoms with van der Waals surface area (Å²) in [5.74, 6) is -0.620. The lowest BCUT2D eigenvalue weighted by Gasteiger charge is -2.49. The molecule has 4 saturated heterocycles. The van der Waals surface area contributed by atoms with E-state index in [0.717, 1.165) is 32.2 Å². The second-order valence-electron chi connectivity index (χ2n) is 10.0. The minimum absolute atomic E-state index is 0.0894. The van der Waals surface area contributed by atoms with Crippen molar-refractivity contribution in [1.29, 1.82) is 0 Å². The lowest BCUT2D eigenvalue weighted by molar-refractivity contribution is -0.211. The highest BCUT2D eigenvalue weighted by atomic mass is 19.4. The first-order valence-electron chi connectivity index (χ1n) is 11.8. The van der Waals surface area contributed by atoms with Crippen LogP contribution in [0.15, 0.2) is 0 Å². The molecule has 7 unspecified atom stereocenters. The van der Waals surface area contributed by atoms with Gasteiger partial charge < -0.3 is 10.5 Å². The standard InChI is InChI=1S/C21H38F3N5O/c1-12(2)14-11-16(25)17-20-28-27-19(30-20)15(21(22,23)24)9-5-3-4-7-13-8-6-10-29(13)18(14)26-17/h12-20,26-28H,3-11,25H2,1-2H3/t13-,14?,15?,16?,17?,18?,19?,20?/m1/s1. The third-order valence-electron chi connectivity index (χ3n) is 7.74. The van der Waals surface area contributed by atoms with Crippen molar-refractivity contribution in [3.8, 4) is 0 Å². The number of halogens is 3. The van der Waals surface area contributed by atoms with Gasteiger partial charge in [-0.1, -0.05) is 33.1 Å². The molecule has 0 spiro atoms. The van der Waals surface area contributed by atoms with Gasteiger partial charge in [0.15, 0.2) is 0 Å². The Morgan fingerprint density at radius 3 is 2.43 bits per heavy atom. The smallest absolute Gasteiger partial charge is 0.340 e. The molecular formula is C21H38F3N5O. The maximum Gasteiger partial charge on any atom is 0.395 e. The van der Waals surface area contributed by atoms with Gasteiger partial charge in [-0.15, -0.1) is 0 Å². The number of hydrazine groups is 1. The summed E-state index contributed by atoms with van der Waals surface area (Å²) in [6.07, 6.45) is 0.988. The predicted molar refractivity (Wildman–Crippen MR) is 109 cm³/mol. The van der Waals surface area contributed by atoms with Gasteiger partial charge in [-0.3, -0.25) is 10.2 Å². The van der Waals surface area contributed by atoms with Gasteiger partial charge in [0, 0.05) is 12.1 Å². The summed E-state index contributed by atoms with van der Waals surface area (Å²) in [5.41, 5.74) is 12.3. The zero-order chi connectivity index (χ0) is 21.5. The third-order valence-corrected chi connectivity index (χ3v) is 7.74. The predicted octanol–water partition coefficient (Wildman–Crippen LogP) is 2.66. The Hall–Kier alpha value is -0.450. The van der Waals surface area contributed by atoms with Gasteiger partial charge in [-0.25, -0.2) is 10.9 Å². The molecule has 4 rings (SSSR count). The van der Waals surface area contributed by atoms with E-state index in [1.807, 2.05) is 0 Å². The number of nitrogens with zero attached hydrogens (tertiary/aromatic N) is 1. The molecule has 4 fully saturated rings. The van der Waals surface area contributed by atoms with E-state index in [-0.39, 0.29) is 24.7 Å². The highest BCUT2D eigenvalue weighted by molar-refractivity contribution is 5.01. The Kier molecular flexibility index (Phi) is 6.97. The van der Waals surface area contributed by atoms with Crippen LogP contribution in [-0.4, -0.2) is 54.4 Å². The monoisotopic (exact) mass is 433 g/mol. The molecule has 4 aliphatic heterocycles. The summed E-state index contributed by atoms with van der Waals surface area (Å²) < 4.78 is 47.1. The SMILES string of the molecule is CC(C)C1CC(N)C2NC1N1CCC[C@H]1CCCCCC(C(F)(F)F)C1NNC2O1. The Labute approximate surface area is 177 Å². The van der Waals surface area contributed by atoms with Gasteiger partial charge in [-0.2, -0.15) is 13.2 Å². The molecule has 0 aliphatic carbocycles. The number of fused-ring (bicyclic) bond motifs is 7. The van der Waals surface area contributed by atoms with Gasteiger partial charge in [-0.05, 0) is 50.5 Å². The number of alkyl halides is 3. The van der Waals surface area contributed by atoms with Gasteiger partial charge in [0.1, 0.15) is 12.5 Å². The molecule has 0 saturated carbocycles. The molecule has 0 aromatic heterocycles. The Morgan fingerprint density at radius 2 is 1.70 bits per heavy atom. The molecule has 30 heavy (non-hydrogen) atoms. The normalized spacial score (nSPS) is 44.1. The van der Waals surface area contributed by atoms with E-state index in [1.165, 1.54) is 12.8 Å². The van der Waals surface area contributed by atoms with Crippen LogP contribution in [0, 0.1) is 17.8 Å². The van der Waals surface area contributed by atoms with Crippen LogP contribution in [0.2, 0.25) is 0 Å². The molecule has 174 valence electrons. The number of nitrogens with one attached hydrogen (secondary N) is 3. The largest absolute Gasteiger partial charge is 0.395 e. The molecule has 0 aromatic carbocycles. The van der Waals surface area contributed by atoms with Crippen molar-refractivity contribution in [3.63, 3.8) is 0 Å². The van der Waals surface area contributed by atoms with Gasteiger partial charge in [0.2, 0.25) is 0 Å². The molecule has 0 amide bonds. The molecule has 4 bridgehead atoms. The van der Waals surface area contributed by atoms with Crippen LogP contribution in [0.5, 0.6) is 0 Å². The molecule has 9 heteroatoms. The summed E-state index contributed by atoms with van der Waals surface area (Å²) in [6, 6.07) is 0.0916. The lowest BCUT2D eigenvalue weighted by atomic mass is 9.79. The van der Waals surface area contributed by atoms with Gasteiger partial charge >= 0.3 is 6.18 Å². The van der Waals surface area contributed by atoms with Crippen LogP contribution in [-0.2, 0) is 4.74 Å². The van der Waals surface area contributed by atoms with Gasteiger partial charge in [0.05, 0.1) is 18.1 Å². The van der Waals surface area contributed by atoms with Crippen molar-refractivity contribution in [1.82, 2.24) is 21.1 Å². The molecular weight excluding hydrogens is 395 g/mol. The van der Waals surface area contributed by atoms with E-state index in [4.69, 9.17) is 10.5 Å². The summed E-state index contributed by atoms with van der Waals surface area (Å²) in [6.45, 7) is 5.56. The van der Waals surface area contributed by atoms with E-state index < -0.39 is 24.6 Å². The Balaban J connectivity index is 1.59. The van der Waals surface area contributed by atoms with Crippen molar-refractivity contribution in [2.45, 2.75) is 108 Å². The third kappa shape index (κ3) is 4.66. The fourth-order valence-corrected chi connectivity index (χ4v) is 6.03. The van der Waals surface area contributed by atoms with Crippen LogP contribution in [0.25, 0.3) is 0 Å². The summed E-state index contributed by atoms with van der Waals surface area (Å²) in [5, 5.41) is 3.73. The van der Waals surface area contributed by atoms with Crippen molar-refractivity contribution in [3.05, 3.63) is 0 Å². The topological polar surface area (TPSA) is 74.6 Å². The maximum atomic E-state index is 13.7. The first-order valence-corrected chi connectivity index (χ1v) is 11.8. The number of hydrogen-bond acceptors (Lipinski definition) is 6. The second-order valence-corrected chi connectivity index (χ2v) is 10.0. The lowest BCUT2D eigenvalue weighted by Crippen LogP contribution is -2.69. The van der Waals surface area contributed by atoms with Crippen LogP contribution in [0.4, 0.5) is 13.2 Å². The molecule has 4 heterocycles. The van der Waals surface area contributed by atoms with E-state index in [2.05, 4.69) is 34.9 Å². The molecule has 0 radical (unpaired) electrons. The molecule has 4 aliphatic rings. The highest BCUT2D eigenvalue weighted by Gasteiger charge is 2.51. The fraction of sp³-hybridized carbons (Fsp3) is 1.00. The summed E-state index contributed by atoms with van der Waals surface area (Å²) >= 11 is 0. The number of piperidine rings is 1. The van der Waals surface area contributed by atoms with Crippen molar-refractivity contribution >= 4 is 0 Å². The van der Waals surface area contributed by atoms with Crippen molar-refractivity contribution in [2.75, 3.05) is 6.54 Å². The minimum atomic E-state index is -4.29. The van der Waals surface area contributed by atoms with Crippen LogP contribution in [0.1, 0.15) is 65.2 Å².